The van der Waals surface area contributed by atoms with Gasteiger partial charge in [-0.1, -0.05) is 31.4 Å². The van der Waals surface area contributed by atoms with Gasteiger partial charge in [0.2, 0.25) is 5.91 Å². The van der Waals surface area contributed by atoms with E-state index in [9.17, 15) is 4.79 Å². The summed E-state index contributed by atoms with van der Waals surface area (Å²) in [6.07, 6.45) is 7.73. The van der Waals surface area contributed by atoms with Crippen molar-refractivity contribution in [2.24, 2.45) is 5.92 Å². The predicted octanol–water partition coefficient (Wildman–Crippen LogP) is 3.25. The molecule has 1 heterocycles. The van der Waals surface area contributed by atoms with Crippen LogP contribution in [0.3, 0.4) is 0 Å². The van der Waals surface area contributed by atoms with Crippen molar-refractivity contribution in [3.8, 4) is 5.75 Å². The second-order valence-corrected chi connectivity index (χ2v) is 6.49. The third kappa shape index (κ3) is 3.58. The van der Waals surface area contributed by atoms with Crippen molar-refractivity contribution in [3.05, 3.63) is 29.3 Å². The van der Waals surface area contributed by atoms with Crippen LogP contribution in [-0.2, 0) is 17.6 Å². The van der Waals surface area contributed by atoms with Crippen LogP contribution in [0, 0.1) is 5.92 Å². The number of nitrogens with one attached hydrogen (secondary N) is 1. The minimum Gasteiger partial charge on any atom is -0.493 e. The molecule has 1 aliphatic carbocycles. The van der Waals surface area contributed by atoms with Crippen LogP contribution >= 0.6 is 0 Å². The first-order chi connectivity index (χ1) is 10.2. The maximum absolute atomic E-state index is 12.3. The van der Waals surface area contributed by atoms with Gasteiger partial charge >= 0.3 is 0 Å². The minimum absolute atomic E-state index is 0.194. The van der Waals surface area contributed by atoms with Crippen molar-refractivity contribution >= 4 is 5.91 Å². The molecule has 3 heteroatoms. The van der Waals surface area contributed by atoms with E-state index in [1.54, 1.807) is 0 Å². The first kappa shape index (κ1) is 14.4. The number of fused-ring (bicyclic) bond motifs is 1. The van der Waals surface area contributed by atoms with Gasteiger partial charge in [-0.25, -0.2) is 0 Å². The molecule has 2 aliphatic rings. The summed E-state index contributed by atoms with van der Waals surface area (Å²) < 4.78 is 5.53. The number of rotatable bonds is 4. The molecular formula is C18H25NO2. The average Bonchev–Trinajstić information content (AvgIpc) is 2.95. The zero-order chi connectivity index (χ0) is 14.7. The summed E-state index contributed by atoms with van der Waals surface area (Å²) in [5.74, 6) is 1.53. The van der Waals surface area contributed by atoms with Crippen molar-refractivity contribution in [1.29, 1.82) is 0 Å². The monoisotopic (exact) mass is 287 g/mol. The van der Waals surface area contributed by atoms with Crippen molar-refractivity contribution in [2.45, 2.75) is 57.9 Å². The van der Waals surface area contributed by atoms with E-state index in [-0.39, 0.29) is 17.9 Å². The lowest BCUT2D eigenvalue weighted by atomic mass is 9.88. The Labute approximate surface area is 127 Å². The van der Waals surface area contributed by atoms with Crippen LogP contribution in [0.1, 0.15) is 50.2 Å². The van der Waals surface area contributed by atoms with Gasteiger partial charge in [0.25, 0.3) is 0 Å². The van der Waals surface area contributed by atoms with Gasteiger partial charge in [0, 0.05) is 18.4 Å². The molecule has 114 valence electrons. The fourth-order valence-electron chi connectivity index (χ4n) is 3.50. The third-order valence-corrected chi connectivity index (χ3v) is 4.66. The Hall–Kier alpha value is -1.51. The minimum atomic E-state index is 0.194. The summed E-state index contributed by atoms with van der Waals surface area (Å²) in [5, 5.41) is 3.20. The molecule has 1 aromatic carbocycles. The quantitative estimate of drug-likeness (QED) is 0.923. The zero-order valence-electron chi connectivity index (χ0n) is 12.9. The highest BCUT2D eigenvalue weighted by Gasteiger charge is 2.22. The van der Waals surface area contributed by atoms with E-state index in [2.05, 4.69) is 30.4 Å². The second kappa shape index (κ2) is 6.50. The lowest BCUT2D eigenvalue weighted by molar-refractivity contribution is -0.126. The molecule has 1 fully saturated rings. The van der Waals surface area contributed by atoms with E-state index in [0.717, 1.165) is 38.0 Å². The Balaban J connectivity index is 1.53. The van der Waals surface area contributed by atoms with Crippen molar-refractivity contribution in [1.82, 2.24) is 5.32 Å². The van der Waals surface area contributed by atoms with Crippen LogP contribution in [-0.4, -0.2) is 18.6 Å². The SMILES string of the molecule is CC(Cc1ccc2c(c1)CCO2)NC(=O)C1CCCCC1. The van der Waals surface area contributed by atoms with Gasteiger partial charge in [-0.05, 0) is 43.4 Å². The van der Waals surface area contributed by atoms with Gasteiger partial charge < -0.3 is 10.1 Å². The molecule has 3 rings (SSSR count). The predicted molar refractivity (Wildman–Crippen MR) is 83.5 cm³/mol. The molecule has 0 spiro atoms. The largest absolute Gasteiger partial charge is 0.493 e. The smallest absolute Gasteiger partial charge is 0.223 e. The lowest BCUT2D eigenvalue weighted by Crippen LogP contribution is -2.39. The summed E-state index contributed by atoms with van der Waals surface area (Å²) >= 11 is 0. The fraction of sp³-hybridized carbons (Fsp3) is 0.611. The molecule has 1 saturated carbocycles. The first-order valence-corrected chi connectivity index (χ1v) is 8.27. The molecular weight excluding hydrogens is 262 g/mol. The summed E-state index contributed by atoms with van der Waals surface area (Å²) in [6, 6.07) is 6.60. The highest BCUT2D eigenvalue weighted by Crippen LogP contribution is 2.27. The van der Waals surface area contributed by atoms with E-state index >= 15 is 0 Å². The molecule has 0 aromatic heterocycles. The Morgan fingerprint density at radius 1 is 1.33 bits per heavy atom. The summed E-state index contributed by atoms with van der Waals surface area (Å²) in [5.41, 5.74) is 2.59. The normalized spacial score (nSPS) is 19.7. The molecule has 1 amide bonds. The Morgan fingerprint density at radius 2 is 2.14 bits per heavy atom. The topological polar surface area (TPSA) is 38.3 Å². The number of hydrogen-bond donors (Lipinski definition) is 1. The summed E-state index contributed by atoms with van der Waals surface area (Å²) in [4.78, 5) is 12.3. The maximum Gasteiger partial charge on any atom is 0.223 e. The number of amides is 1. The molecule has 21 heavy (non-hydrogen) atoms. The van der Waals surface area contributed by atoms with Gasteiger partial charge in [0.1, 0.15) is 5.75 Å². The van der Waals surface area contributed by atoms with E-state index in [4.69, 9.17) is 4.74 Å². The van der Waals surface area contributed by atoms with Gasteiger partial charge in [0.05, 0.1) is 6.61 Å². The standard InChI is InChI=1S/C18H25NO2/c1-13(19-18(20)15-5-3-2-4-6-15)11-14-7-8-17-16(12-14)9-10-21-17/h7-8,12-13,15H,2-6,9-11H2,1H3,(H,19,20). The van der Waals surface area contributed by atoms with Crippen molar-refractivity contribution in [2.75, 3.05) is 6.61 Å². The maximum atomic E-state index is 12.3. The van der Waals surface area contributed by atoms with Gasteiger partial charge in [-0.2, -0.15) is 0 Å². The van der Waals surface area contributed by atoms with Gasteiger partial charge in [0.15, 0.2) is 0 Å². The zero-order valence-corrected chi connectivity index (χ0v) is 12.9. The summed E-state index contributed by atoms with van der Waals surface area (Å²) in [6.45, 7) is 2.90. The van der Waals surface area contributed by atoms with E-state index in [0.29, 0.717) is 0 Å². The van der Waals surface area contributed by atoms with E-state index in [1.165, 1.54) is 30.4 Å². The molecule has 0 saturated heterocycles. The number of ether oxygens (including phenoxy) is 1. The van der Waals surface area contributed by atoms with Crippen LogP contribution in [0.4, 0.5) is 0 Å². The Bertz CT molecular complexity index is 506. The fourth-order valence-corrected chi connectivity index (χ4v) is 3.50. The van der Waals surface area contributed by atoms with Crippen LogP contribution in [0.2, 0.25) is 0 Å². The molecule has 1 unspecified atom stereocenters. The van der Waals surface area contributed by atoms with Gasteiger partial charge in [-0.3, -0.25) is 4.79 Å². The highest BCUT2D eigenvalue weighted by atomic mass is 16.5. The molecule has 1 N–H and O–H groups in total. The van der Waals surface area contributed by atoms with E-state index < -0.39 is 0 Å². The Morgan fingerprint density at radius 3 is 2.95 bits per heavy atom. The highest BCUT2D eigenvalue weighted by molar-refractivity contribution is 5.79. The van der Waals surface area contributed by atoms with Crippen LogP contribution in [0.25, 0.3) is 0 Å². The van der Waals surface area contributed by atoms with Crippen molar-refractivity contribution in [3.63, 3.8) is 0 Å². The molecule has 0 radical (unpaired) electrons. The number of carbonyl (C=O) groups excluding carboxylic acids is 1. The van der Waals surface area contributed by atoms with Crippen molar-refractivity contribution < 1.29 is 9.53 Å². The number of benzene rings is 1. The average molecular weight is 287 g/mol. The van der Waals surface area contributed by atoms with E-state index in [1.807, 2.05) is 0 Å². The molecule has 1 aromatic rings. The second-order valence-electron chi connectivity index (χ2n) is 6.49. The molecule has 0 bridgehead atoms. The van der Waals surface area contributed by atoms with Crippen LogP contribution in [0.5, 0.6) is 5.75 Å². The number of carbonyl (C=O) groups is 1. The lowest BCUT2D eigenvalue weighted by Gasteiger charge is -2.23. The van der Waals surface area contributed by atoms with Crippen LogP contribution in [0.15, 0.2) is 18.2 Å². The number of hydrogen-bond acceptors (Lipinski definition) is 2. The first-order valence-electron chi connectivity index (χ1n) is 8.27. The third-order valence-electron chi connectivity index (χ3n) is 4.66. The Kier molecular flexibility index (Phi) is 4.47. The molecule has 3 nitrogen and oxygen atoms in total. The van der Waals surface area contributed by atoms with Crippen LogP contribution < -0.4 is 10.1 Å². The summed E-state index contributed by atoms with van der Waals surface area (Å²) in [7, 11) is 0. The molecule has 1 atom stereocenters. The molecule has 1 aliphatic heterocycles. The van der Waals surface area contributed by atoms with Gasteiger partial charge in [-0.15, -0.1) is 0 Å².